The van der Waals surface area contributed by atoms with Gasteiger partial charge >= 0.3 is 12.3 Å². The van der Waals surface area contributed by atoms with E-state index in [4.69, 9.17) is 4.98 Å². The molecule has 43 heavy (non-hydrogen) atoms. The molecule has 1 amide bonds. The van der Waals surface area contributed by atoms with Gasteiger partial charge in [-0.25, -0.2) is 18.2 Å². The maximum absolute atomic E-state index is 14.2. The molecule has 4 aromatic rings. The molecule has 1 aliphatic heterocycles. The van der Waals surface area contributed by atoms with E-state index in [2.05, 4.69) is 0 Å². The standard InChI is InChI=1S/C32H32F3N3O4S/c1-30(2,3)31(17-8-18-38(31)29(39)40)27-20-37(28(36-27)25-11-5-6-12-26(25)32(33,34)35)23-15-13-21(14-16-23)22-9-7-10-24(19-22)43(4,41)42/h5-7,9-16,19-20H,8,17-18H2,1-4H3,(H,39,40)/t31-/m0/s1. The predicted molar refractivity (Wildman–Crippen MR) is 158 cm³/mol. The second-order valence-electron chi connectivity index (χ2n) is 11.9. The molecule has 1 atom stereocenters. The van der Waals surface area contributed by atoms with Crippen LogP contribution in [0.1, 0.15) is 44.9 Å². The van der Waals surface area contributed by atoms with Gasteiger partial charge in [-0.1, -0.05) is 63.2 Å². The number of nitrogens with zero attached hydrogens (tertiary/aromatic N) is 3. The molecule has 11 heteroatoms. The van der Waals surface area contributed by atoms with Gasteiger partial charge in [0.25, 0.3) is 0 Å². The molecule has 3 aromatic carbocycles. The van der Waals surface area contributed by atoms with Crippen molar-refractivity contribution in [2.75, 3.05) is 12.8 Å². The molecule has 0 saturated carbocycles. The van der Waals surface area contributed by atoms with Crippen molar-refractivity contribution in [3.05, 3.63) is 90.3 Å². The van der Waals surface area contributed by atoms with Crippen molar-refractivity contribution in [1.82, 2.24) is 14.5 Å². The van der Waals surface area contributed by atoms with E-state index in [1.807, 2.05) is 20.8 Å². The molecule has 1 saturated heterocycles. The third-order valence-corrected chi connectivity index (χ3v) is 9.31. The van der Waals surface area contributed by atoms with E-state index in [0.717, 1.165) is 12.3 Å². The van der Waals surface area contributed by atoms with Crippen molar-refractivity contribution in [3.63, 3.8) is 0 Å². The van der Waals surface area contributed by atoms with Gasteiger partial charge in [0.15, 0.2) is 9.84 Å². The van der Waals surface area contributed by atoms with E-state index in [1.54, 1.807) is 53.2 Å². The van der Waals surface area contributed by atoms with Crippen molar-refractivity contribution in [3.8, 4) is 28.2 Å². The fraction of sp³-hybridized carbons (Fsp3) is 0.312. The van der Waals surface area contributed by atoms with Gasteiger partial charge in [0.2, 0.25) is 0 Å². The highest BCUT2D eigenvalue weighted by molar-refractivity contribution is 7.90. The third kappa shape index (κ3) is 5.42. The van der Waals surface area contributed by atoms with Crippen LogP contribution in [0, 0.1) is 5.41 Å². The molecule has 0 unspecified atom stereocenters. The minimum absolute atomic E-state index is 0.0376. The summed E-state index contributed by atoms with van der Waals surface area (Å²) in [6, 6.07) is 18.7. The summed E-state index contributed by atoms with van der Waals surface area (Å²) in [5.74, 6) is 0.0376. The lowest BCUT2D eigenvalue weighted by atomic mass is 9.70. The van der Waals surface area contributed by atoms with E-state index in [1.165, 1.54) is 29.2 Å². The van der Waals surface area contributed by atoms with Crippen molar-refractivity contribution < 1.29 is 31.5 Å². The maximum atomic E-state index is 14.2. The first-order valence-corrected chi connectivity index (χ1v) is 15.6. The molecule has 1 fully saturated rings. The highest BCUT2D eigenvalue weighted by atomic mass is 32.2. The van der Waals surface area contributed by atoms with E-state index in [-0.39, 0.29) is 22.8 Å². The molecule has 5 rings (SSSR count). The molecule has 1 aliphatic rings. The van der Waals surface area contributed by atoms with E-state index in [9.17, 15) is 31.5 Å². The van der Waals surface area contributed by atoms with E-state index in [0.29, 0.717) is 35.3 Å². The number of aromatic nitrogens is 2. The first-order valence-electron chi connectivity index (χ1n) is 13.7. The molecule has 226 valence electrons. The first-order chi connectivity index (χ1) is 20.0. The molecule has 2 heterocycles. The predicted octanol–water partition coefficient (Wildman–Crippen LogP) is 7.64. The van der Waals surface area contributed by atoms with Gasteiger partial charge in [0, 0.05) is 30.2 Å². The number of sulfone groups is 1. The highest BCUT2D eigenvalue weighted by Gasteiger charge is 2.55. The van der Waals surface area contributed by atoms with Crippen LogP contribution in [-0.4, -0.2) is 46.9 Å². The molecule has 0 aliphatic carbocycles. The summed E-state index contributed by atoms with van der Waals surface area (Å²) >= 11 is 0. The summed E-state index contributed by atoms with van der Waals surface area (Å²) in [7, 11) is -3.42. The number of hydrogen-bond donors (Lipinski definition) is 1. The quantitative estimate of drug-likeness (QED) is 0.250. The fourth-order valence-corrected chi connectivity index (χ4v) is 6.79. The van der Waals surface area contributed by atoms with Gasteiger partial charge in [0.1, 0.15) is 5.82 Å². The molecule has 0 radical (unpaired) electrons. The third-order valence-electron chi connectivity index (χ3n) is 8.20. The van der Waals surface area contributed by atoms with Crippen molar-refractivity contribution in [1.29, 1.82) is 0 Å². The number of carbonyl (C=O) groups is 1. The maximum Gasteiger partial charge on any atom is 0.417 e. The Morgan fingerprint density at radius 3 is 2.23 bits per heavy atom. The largest absolute Gasteiger partial charge is 0.465 e. The summed E-state index contributed by atoms with van der Waals surface area (Å²) in [6.45, 7) is 6.03. The molecule has 1 aromatic heterocycles. The Labute approximate surface area is 248 Å². The van der Waals surface area contributed by atoms with E-state index < -0.39 is 38.6 Å². The molecular weight excluding hydrogens is 579 g/mol. The Morgan fingerprint density at radius 2 is 1.63 bits per heavy atom. The Kier molecular flexibility index (Phi) is 7.44. The molecular formula is C32H32F3N3O4S. The number of carboxylic acid groups (broad SMARTS) is 1. The SMILES string of the molecule is CC(C)(C)[C@@]1(c2cn(-c3ccc(-c4cccc(S(C)(=O)=O)c4)cc3)c(-c3ccccc3C(F)(F)F)n2)CCCN1C(=O)O. The van der Waals surface area contributed by atoms with Gasteiger partial charge in [0.05, 0.1) is 21.7 Å². The van der Waals surface area contributed by atoms with Crippen molar-refractivity contribution in [2.24, 2.45) is 5.41 Å². The fourth-order valence-electron chi connectivity index (χ4n) is 6.12. The van der Waals surface area contributed by atoms with Crippen LogP contribution in [0.5, 0.6) is 0 Å². The minimum atomic E-state index is -4.65. The Balaban J connectivity index is 1.72. The Morgan fingerprint density at radius 1 is 0.953 bits per heavy atom. The van der Waals surface area contributed by atoms with Gasteiger partial charge in [-0.05, 0) is 59.7 Å². The number of alkyl halides is 3. The van der Waals surface area contributed by atoms with Crippen LogP contribution >= 0.6 is 0 Å². The summed E-state index contributed by atoms with van der Waals surface area (Å²) in [4.78, 5) is 18.7. The lowest BCUT2D eigenvalue weighted by Crippen LogP contribution is -2.53. The monoisotopic (exact) mass is 611 g/mol. The van der Waals surface area contributed by atoms with Gasteiger partial charge in [-0.3, -0.25) is 9.47 Å². The molecule has 1 N–H and O–H groups in total. The highest BCUT2D eigenvalue weighted by Crippen LogP contribution is 2.52. The summed E-state index contributed by atoms with van der Waals surface area (Å²) in [5, 5.41) is 10.1. The second-order valence-corrected chi connectivity index (χ2v) is 13.9. The average Bonchev–Trinajstić information content (AvgIpc) is 3.58. The van der Waals surface area contributed by atoms with Crippen molar-refractivity contribution >= 4 is 15.9 Å². The van der Waals surface area contributed by atoms with Crippen LogP contribution in [0.3, 0.4) is 0 Å². The summed E-state index contributed by atoms with van der Waals surface area (Å²) in [6.07, 6.45) is -1.92. The Hall–Kier alpha value is -4.12. The number of likely N-dealkylation sites (tertiary alicyclic amines) is 1. The van der Waals surface area contributed by atoms with Crippen LogP contribution in [0.25, 0.3) is 28.2 Å². The van der Waals surface area contributed by atoms with Crippen LogP contribution in [0.15, 0.2) is 83.9 Å². The number of rotatable bonds is 5. The zero-order valence-corrected chi connectivity index (χ0v) is 25.0. The number of imidazole rings is 1. The summed E-state index contributed by atoms with van der Waals surface area (Å²) in [5.41, 5.74) is -0.420. The molecule has 0 spiro atoms. The van der Waals surface area contributed by atoms with Crippen LogP contribution in [0.2, 0.25) is 0 Å². The second kappa shape index (κ2) is 10.6. The van der Waals surface area contributed by atoms with Crippen molar-refractivity contribution in [2.45, 2.75) is 50.2 Å². The minimum Gasteiger partial charge on any atom is -0.465 e. The smallest absolute Gasteiger partial charge is 0.417 e. The van der Waals surface area contributed by atoms with Crippen LogP contribution in [0.4, 0.5) is 18.0 Å². The number of hydrogen-bond acceptors (Lipinski definition) is 4. The lowest BCUT2D eigenvalue weighted by molar-refractivity contribution is -0.137. The summed E-state index contributed by atoms with van der Waals surface area (Å²) < 4.78 is 68.3. The van der Waals surface area contributed by atoms with Gasteiger partial charge in [-0.2, -0.15) is 13.2 Å². The van der Waals surface area contributed by atoms with Gasteiger partial charge in [-0.15, -0.1) is 0 Å². The number of benzene rings is 3. The van der Waals surface area contributed by atoms with Gasteiger partial charge < -0.3 is 5.11 Å². The van der Waals surface area contributed by atoms with E-state index >= 15 is 0 Å². The van der Waals surface area contributed by atoms with Crippen LogP contribution < -0.4 is 0 Å². The normalized spacial score (nSPS) is 17.8. The lowest BCUT2D eigenvalue weighted by Gasteiger charge is -2.46. The average molecular weight is 612 g/mol. The van der Waals surface area contributed by atoms with Crippen LogP contribution in [-0.2, 0) is 21.6 Å². The zero-order chi connectivity index (χ0) is 31.4. The molecule has 7 nitrogen and oxygen atoms in total. The molecule has 0 bridgehead atoms. The first kappa shape index (κ1) is 30.3. The number of halogens is 3. The topological polar surface area (TPSA) is 92.5 Å². The Bertz CT molecular complexity index is 1790. The number of amides is 1. The zero-order valence-electron chi connectivity index (χ0n) is 24.2.